The molecule has 0 aliphatic rings. The third-order valence-electron chi connectivity index (χ3n) is 4.40. The van der Waals surface area contributed by atoms with Crippen molar-refractivity contribution in [3.63, 3.8) is 0 Å². The molecule has 0 saturated heterocycles. The number of amides is 1. The Bertz CT molecular complexity index is 1080. The summed E-state index contributed by atoms with van der Waals surface area (Å²) in [4.78, 5) is 19.2. The third kappa shape index (κ3) is 3.83. The molecule has 2 aromatic carbocycles. The van der Waals surface area contributed by atoms with Crippen LogP contribution < -0.4 is 4.90 Å². The number of hydrogen-bond acceptors (Lipinski definition) is 4. The molecule has 0 bridgehead atoms. The smallest absolute Gasteiger partial charge is 0.280 e. The van der Waals surface area contributed by atoms with Crippen LogP contribution in [-0.2, 0) is 6.54 Å². The first-order chi connectivity index (χ1) is 13.7. The summed E-state index contributed by atoms with van der Waals surface area (Å²) in [6, 6.07) is 25.3. The van der Waals surface area contributed by atoms with E-state index in [1.54, 1.807) is 24.1 Å². The van der Waals surface area contributed by atoms with Crippen molar-refractivity contribution in [1.82, 2.24) is 10.1 Å². The molecule has 4 rings (SSSR count). The molecular weight excluding hydrogens is 350 g/mol. The van der Waals surface area contributed by atoms with Gasteiger partial charge in [0.15, 0.2) is 5.69 Å². The highest BCUT2D eigenvalue weighted by Crippen LogP contribution is 2.26. The summed E-state index contributed by atoms with van der Waals surface area (Å²) >= 11 is 0. The van der Waals surface area contributed by atoms with Crippen LogP contribution in [0.1, 0.15) is 21.9 Å². The first kappa shape index (κ1) is 17.7. The molecular formula is C23H19N3O2. The first-order valence-corrected chi connectivity index (χ1v) is 9.01. The molecule has 28 heavy (non-hydrogen) atoms. The maximum absolute atomic E-state index is 13.2. The monoisotopic (exact) mass is 369 g/mol. The molecule has 2 heterocycles. The van der Waals surface area contributed by atoms with Crippen LogP contribution in [0.15, 0.2) is 89.6 Å². The lowest BCUT2D eigenvalue weighted by molar-refractivity contribution is 0.0976. The van der Waals surface area contributed by atoms with Crippen molar-refractivity contribution in [3.05, 3.63) is 102 Å². The van der Waals surface area contributed by atoms with E-state index >= 15 is 0 Å². The summed E-state index contributed by atoms with van der Waals surface area (Å²) in [7, 11) is 0. The Morgan fingerprint density at radius 2 is 1.71 bits per heavy atom. The van der Waals surface area contributed by atoms with E-state index in [9.17, 15) is 4.79 Å². The van der Waals surface area contributed by atoms with Gasteiger partial charge in [0.05, 0.1) is 12.2 Å². The van der Waals surface area contributed by atoms with E-state index in [0.29, 0.717) is 12.3 Å². The molecule has 0 aliphatic carbocycles. The Hall–Kier alpha value is -3.73. The zero-order valence-corrected chi connectivity index (χ0v) is 15.4. The second kappa shape index (κ2) is 7.88. The summed E-state index contributed by atoms with van der Waals surface area (Å²) in [5.74, 6) is 0.367. The quantitative estimate of drug-likeness (QED) is 0.502. The van der Waals surface area contributed by atoms with Gasteiger partial charge in [-0.15, -0.1) is 0 Å². The Kier molecular flexibility index (Phi) is 4.97. The van der Waals surface area contributed by atoms with E-state index in [1.165, 1.54) is 0 Å². The van der Waals surface area contributed by atoms with Gasteiger partial charge in [0.1, 0.15) is 5.76 Å². The maximum atomic E-state index is 13.2. The molecule has 2 aromatic heterocycles. The van der Waals surface area contributed by atoms with Crippen molar-refractivity contribution < 1.29 is 9.32 Å². The van der Waals surface area contributed by atoms with Crippen molar-refractivity contribution in [2.45, 2.75) is 13.5 Å². The number of nitrogens with zero attached hydrogens (tertiary/aromatic N) is 3. The van der Waals surface area contributed by atoms with E-state index in [1.807, 2.05) is 72.8 Å². The fourth-order valence-electron chi connectivity index (χ4n) is 3.02. The van der Waals surface area contributed by atoms with Gasteiger partial charge in [0, 0.05) is 18.0 Å². The van der Waals surface area contributed by atoms with E-state index in [0.717, 1.165) is 22.5 Å². The molecule has 0 spiro atoms. The number of rotatable bonds is 5. The Morgan fingerprint density at radius 3 is 2.43 bits per heavy atom. The zero-order valence-electron chi connectivity index (χ0n) is 15.4. The van der Waals surface area contributed by atoms with Crippen LogP contribution in [-0.4, -0.2) is 16.0 Å². The van der Waals surface area contributed by atoms with Crippen LogP contribution in [0.2, 0.25) is 0 Å². The third-order valence-corrected chi connectivity index (χ3v) is 4.40. The predicted molar refractivity (Wildman–Crippen MR) is 108 cm³/mol. The summed E-state index contributed by atoms with van der Waals surface area (Å²) in [5.41, 5.74) is 3.97. The number of aromatic nitrogens is 2. The molecule has 4 aromatic rings. The van der Waals surface area contributed by atoms with Crippen molar-refractivity contribution in [2.75, 3.05) is 4.90 Å². The normalized spacial score (nSPS) is 10.6. The van der Waals surface area contributed by atoms with Crippen molar-refractivity contribution in [3.8, 4) is 11.1 Å². The van der Waals surface area contributed by atoms with Crippen LogP contribution in [0.4, 0.5) is 5.69 Å². The van der Waals surface area contributed by atoms with E-state index in [4.69, 9.17) is 4.52 Å². The first-order valence-electron chi connectivity index (χ1n) is 9.01. The molecule has 0 N–H and O–H groups in total. The Labute approximate surface area is 163 Å². The number of carbonyl (C=O) groups excluding carboxylic acids is 1. The molecule has 138 valence electrons. The highest BCUT2D eigenvalue weighted by atomic mass is 16.5. The molecule has 1 amide bonds. The van der Waals surface area contributed by atoms with Gasteiger partial charge in [-0.05, 0) is 42.3 Å². The van der Waals surface area contributed by atoms with Crippen molar-refractivity contribution in [1.29, 1.82) is 0 Å². The minimum atomic E-state index is -0.229. The molecule has 0 unspecified atom stereocenters. The van der Waals surface area contributed by atoms with Gasteiger partial charge in [-0.1, -0.05) is 53.7 Å². The predicted octanol–water partition coefficient (Wildman–Crippen LogP) is 4.89. The average Bonchev–Trinajstić information content (AvgIpc) is 3.19. The molecule has 0 atom stereocenters. The molecule has 0 aliphatic heterocycles. The van der Waals surface area contributed by atoms with Gasteiger partial charge in [0.2, 0.25) is 0 Å². The highest BCUT2D eigenvalue weighted by molar-refractivity contribution is 6.04. The van der Waals surface area contributed by atoms with Crippen LogP contribution >= 0.6 is 0 Å². The van der Waals surface area contributed by atoms with Gasteiger partial charge in [-0.25, -0.2) is 0 Å². The second-order valence-electron chi connectivity index (χ2n) is 6.45. The number of benzene rings is 2. The lowest BCUT2D eigenvalue weighted by Gasteiger charge is -2.22. The summed E-state index contributed by atoms with van der Waals surface area (Å²) in [6.45, 7) is 2.10. The molecule has 0 fully saturated rings. The largest absolute Gasteiger partial charge is 0.361 e. The van der Waals surface area contributed by atoms with Gasteiger partial charge in [-0.3, -0.25) is 9.78 Å². The van der Waals surface area contributed by atoms with Gasteiger partial charge >= 0.3 is 0 Å². The van der Waals surface area contributed by atoms with Crippen LogP contribution in [0.3, 0.4) is 0 Å². The van der Waals surface area contributed by atoms with Gasteiger partial charge in [0.25, 0.3) is 5.91 Å². The minimum absolute atomic E-state index is 0.229. The van der Waals surface area contributed by atoms with E-state index in [2.05, 4.69) is 10.1 Å². The average molecular weight is 369 g/mol. The topological polar surface area (TPSA) is 59.2 Å². The Balaban J connectivity index is 1.73. The number of pyridine rings is 1. The summed E-state index contributed by atoms with van der Waals surface area (Å²) < 4.78 is 5.10. The lowest BCUT2D eigenvalue weighted by Crippen LogP contribution is -2.31. The zero-order chi connectivity index (χ0) is 19.3. The van der Waals surface area contributed by atoms with Crippen molar-refractivity contribution in [2.24, 2.45) is 0 Å². The molecule has 0 radical (unpaired) electrons. The summed E-state index contributed by atoms with van der Waals surface area (Å²) in [6.07, 6.45) is 1.72. The summed E-state index contributed by atoms with van der Waals surface area (Å²) in [5, 5.41) is 3.90. The second-order valence-corrected chi connectivity index (χ2v) is 6.45. The molecule has 5 heteroatoms. The van der Waals surface area contributed by atoms with E-state index < -0.39 is 0 Å². The van der Waals surface area contributed by atoms with Crippen LogP contribution in [0, 0.1) is 6.92 Å². The maximum Gasteiger partial charge on any atom is 0.280 e. The Morgan fingerprint density at radius 1 is 0.929 bits per heavy atom. The SMILES string of the molecule is Cc1cc(C(=O)N(Cc2ccccn2)c2cccc(-c3ccccc3)c2)no1. The molecule has 0 saturated carbocycles. The fourth-order valence-corrected chi connectivity index (χ4v) is 3.02. The highest BCUT2D eigenvalue weighted by Gasteiger charge is 2.22. The standard InChI is InChI=1S/C23H19N3O2/c1-17-14-22(25-28-17)23(27)26(16-20-11-5-6-13-24-20)21-12-7-10-19(15-21)18-8-3-2-4-9-18/h2-15H,16H2,1H3. The van der Waals surface area contributed by atoms with Gasteiger partial charge in [-0.2, -0.15) is 0 Å². The van der Waals surface area contributed by atoms with E-state index in [-0.39, 0.29) is 11.6 Å². The number of carbonyl (C=O) groups is 1. The fraction of sp³-hybridized carbons (Fsp3) is 0.0870. The van der Waals surface area contributed by atoms with Crippen LogP contribution in [0.25, 0.3) is 11.1 Å². The number of hydrogen-bond donors (Lipinski definition) is 0. The van der Waals surface area contributed by atoms with Crippen LogP contribution in [0.5, 0.6) is 0 Å². The minimum Gasteiger partial charge on any atom is -0.361 e. The number of anilines is 1. The van der Waals surface area contributed by atoms with Gasteiger partial charge < -0.3 is 9.42 Å². The molecule has 5 nitrogen and oxygen atoms in total. The lowest BCUT2D eigenvalue weighted by atomic mass is 10.0. The van der Waals surface area contributed by atoms with Crippen molar-refractivity contribution >= 4 is 11.6 Å². The number of aryl methyl sites for hydroxylation is 1.